The summed E-state index contributed by atoms with van der Waals surface area (Å²) >= 11 is 0. The highest BCUT2D eigenvalue weighted by atomic mass is 16.2. The van der Waals surface area contributed by atoms with Crippen molar-refractivity contribution in [1.29, 1.82) is 0 Å². The molecule has 1 aromatic carbocycles. The van der Waals surface area contributed by atoms with Gasteiger partial charge in [0.2, 0.25) is 17.7 Å². The van der Waals surface area contributed by atoms with Gasteiger partial charge in [0.1, 0.15) is 0 Å². The Morgan fingerprint density at radius 2 is 1.73 bits per heavy atom. The predicted octanol–water partition coefficient (Wildman–Crippen LogP) is 1.31. The van der Waals surface area contributed by atoms with Crippen LogP contribution in [0.3, 0.4) is 0 Å². The Hall–Kier alpha value is -2.43. The zero-order valence-corrected chi connectivity index (χ0v) is 12.3. The highest BCUT2D eigenvalue weighted by Gasteiger charge is 2.36. The monoisotopic (exact) mass is 298 g/mol. The molecule has 3 rings (SSSR count). The summed E-state index contributed by atoms with van der Waals surface area (Å²) in [5, 5.41) is 0. The molecule has 2 aliphatic heterocycles. The lowest BCUT2D eigenvalue weighted by atomic mass is 9.99. The molecule has 0 bridgehead atoms. The third-order valence-corrected chi connectivity index (χ3v) is 4.08. The number of benzene rings is 1. The van der Waals surface area contributed by atoms with Gasteiger partial charge in [-0.25, -0.2) is 0 Å². The van der Waals surface area contributed by atoms with Gasteiger partial charge in [-0.05, 0) is 11.6 Å². The second kappa shape index (κ2) is 6.13. The molecule has 2 fully saturated rings. The lowest BCUT2D eigenvalue weighted by Crippen LogP contribution is -2.54. The minimum Gasteiger partial charge on any atom is -0.338 e. The molecule has 0 radical (unpaired) electrons. The normalized spacial score (nSPS) is 19.1. The van der Waals surface area contributed by atoms with Crippen LogP contribution in [0.1, 0.15) is 18.4 Å². The average molecular weight is 298 g/mol. The van der Waals surface area contributed by atoms with Gasteiger partial charge in [0.15, 0.2) is 0 Å². The molecule has 2 saturated heterocycles. The predicted molar refractivity (Wildman–Crippen MR) is 81.5 cm³/mol. The Labute approximate surface area is 129 Å². The lowest BCUT2D eigenvalue weighted by molar-refractivity contribution is -0.141. The van der Waals surface area contributed by atoms with Crippen LogP contribution in [0.2, 0.25) is 0 Å². The van der Waals surface area contributed by atoms with E-state index in [9.17, 15) is 14.4 Å². The van der Waals surface area contributed by atoms with Gasteiger partial charge in [0.05, 0.1) is 0 Å². The molecule has 114 valence electrons. The van der Waals surface area contributed by atoms with Crippen molar-refractivity contribution in [2.75, 3.05) is 19.6 Å². The molecule has 1 aromatic rings. The Morgan fingerprint density at radius 3 is 2.36 bits per heavy atom. The first-order valence-electron chi connectivity index (χ1n) is 7.49. The summed E-state index contributed by atoms with van der Waals surface area (Å²) in [7, 11) is 0. The van der Waals surface area contributed by atoms with E-state index < -0.39 is 0 Å². The maximum Gasteiger partial charge on any atom is 0.246 e. The summed E-state index contributed by atoms with van der Waals surface area (Å²) in [6.07, 6.45) is 4.02. The number of carbonyl (C=O) groups excluding carboxylic acids is 3. The lowest BCUT2D eigenvalue weighted by Gasteiger charge is -2.40. The van der Waals surface area contributed by atoms with Gasteiger partial charge < -0.3 is 4.90 Å². The molecule has 2 heterocycles. The van der Waals surface area contributed by atoms with Gasteiger partial charge in [-0.15, -0.1) is 0 Å². The molecule has 0 unspecified atom stereocenters. The van der Waals surface area contributed by atoms with Gasteiger partial charge in [0, 0.05) is 44.5 Å². The quantitative estimate of drug-likeness (QED) is 0.622. The van der Waals surface area contributed by atoms with Crippen LogP contribution in [0.4, 0.5) is 0 Å². The smallest absolute Gasteiger partial charge is 0.246 e. The number of nitrogens with zero attached hydrogens (tertiary/aromatic N) is 2. The standard InChI is InChI=1S/C17H18N2O3/c20-15(7-6-13-4-2-1-3-5-13)18-10-14(11-18)12-19-16(21)8-9-17(19)22/h1-7,14H,8-12H2/b7-6+. The van der Waals surface area contributed by atoms with Gasteiger partial charge in [-0.2, -0.15) is 0 Å². The van der Waals surface area contributed by atoms with Gasteiger partial charge in [0.25, 0.3) is 0 Å². The maximum atomic E-state index is 12.0. The number of amides is 3. The van der Waals surface area contributed by atoms with E-state index >= 15 is 0 Å². The third kappa shape index (κ3) is 3.08. The summed E-state index contributed by atoms with van der Waals surface area (Å²) in [5.41, 5.74) is 0.987. The molecule has 5 nitrogen and oxygen atoms in total. The van der Waals surface area contributed by atoms with E-state index in [1.54, 1.807) is 17.1 Å². The highest BCUT2D eigenvalue weighted by molar-refractivity contribution is 6.02. The fourth-order valence-corrected chi connectivity index (χ4v) is 2.79. The average Bonchev–Trinajstić information content (AvgIpc) is 2.80. The van der Waals surface area contributed by atoms with E-state index in [2.05, 4.69) is 0 Å². The van der Waals surface area contributed by atoms with Gasteiger partial charge in [-0.1, -0.05) is 30.3 Å². The van der Waals surface area contributed by atoms with E-state index in [0.29, 0.717) is 32.5 Å². The molecule has 0 spiro atoms. The Kier molecular flexibility index (Phi) is 4.04. The van der Waals surface area contributed by atoms with E-state index in [-0.39, 0.29) is 23.6 Å². The minimum atomic E-state index is -0.0845. The van der Waals surface area contributed by atoms with Crippen LogP contribution < -0.4 is 0 Å². The van der Waals surface area contributed by atoms with E-state index in [1.807, 2.05) is 30.3 Å². The maximum absolute atomic E-state index is 12.0. The summed E-state index contributed by atoms with van der Waals surface area (Å²) in [4.78, 5) is 38.2. The molecular formula is C17H18N2O3. The third-order valence-electron chi connectivity index (χ3n) is 4.08. The molecular weight excluding hydrogens is 280 g/mol. The highest BCUT2D eigenvalue weighted by Crippen LogP contribution is 2.21. The molecule has 0 saturated carbocycles. The number of hydrogen-bond donors (Lipinski definition) is 0. The first-order chi connectivity index (χ1) is 10.6. The van der Waals surface area contributed by atoms with E-state index in [4.69, 9.17) is 0 Å². The summed E-state index contributed by atoms with van der Waals surface area (Å²) < 4.78 is 0. The van der Waals surface area contributed by atoms with Crippen molar-refractivity contribution in [3.05, 3.63) is 42.0 Å². The molecule has 0 N–H and O–H groups in total. The number of imide groups is 1. The molecule has 3 amide bonds. The first-order valence-corrected chi connectivity index (χ1v) is 7.49. The first kappa shape index (κ1) is 14.5. The van der Waals surface area contributed by atoms with Crippen LogP contribution in [0.25, 0.3) is 6.08 Å². The van der Waals surface area contributed by atoms with Crippen LogP contribution in [-0.4, -0.2) is 47.2 Å². The van der Waals surface area contributed by atoms with E-state index in [0.717, 1.165) is 5.56 Å². The number of rotatable bonds is 4. The zero-order valence-electron chi connectivity index (χ0n) is 12.3. The van der Waals surface area contributed by atoms with Crippen molar-refractivity contribution in [1.82, 2.24) is 9.80 Å². The number of likely N-dealkylation sites (tertiary alicyclic amines) is 2. The Morgan fingerprint density at radius 1 is 1.09 bits per heavy atom. The van der Waals surface area contributed by atoms with Crippen LogP contribution in [-0.2, 0) is 14.4 Å². The molecule has 0 atom stereocenters. The molecule has 5 heteroatoms. The minimum absolute atomic E-state index is 0.0285. The SMILES string of the molecule is O=C(/C=C/c1ccccc1)N1CC(CN2C(=O)CCC2=O)C1. The van der Waals surface area contributed by atoms with Gasteiger partial charge in [-0.3, -0.25) is 19.3 Å². The summed E-state index contributed by atoms with van der Waals surface area (Å²) in [6, 6.07) is 9.66. The molecule has 0 aromatic heterocycles. The van der Waals surface area contributed by atoms with Crippen LogP contribution in [0, 0.1) is 5.92 Å². The fourth-order valence-electron chi connectivity index (χ4n) is 2.79. The Balaban J connectivity index is 1.47. The zero-order chi connectivity index (χ0) is 15.5. The van der Waals surface area contributed by atoms with E-state index in [1.165, 1.54) is 4.90 Å². The van der Waals surface area contributed by atoms with Crippen LogP contribution >= 0.6 is 0 Å². The Bertz CT molecular complexity index is 602. The molecule has 22 heavy (non-hydrogen) atoms. The van der Waals surface area contributed by atoms with Crippen molar-refractivity contribution < 1.29 is 14.4 Å². The summed E-state index contributed by atoms with van der Waals surface area (Å²) in [6.45, 7) is 1.66. The van der Waals surface area contributed by atoms with Crippen molar-refractivity contribution in [2.24, 2.45) is 5.92 Å². The number of hydrogen-bond acceptors (Lipinski definition) is 3. The van der Waals surface area contributed by atoms with Gasteiger partial charge >= 0.3 is 0 Å². The second-order valence-corrected chi connectivity index (χ2v) is 5.75. The van der Waals surface area contributed by atoms with Crippen LogP contribution in [0.15, 0.2) is 36.4 Å². The van der Waals surface area contributed by atoms with Crippen molar-refractivity contribution in [3.63, 3.8) is 0 Å². The topological polar surface area (TPSA) is 57.7 Å². The van der Waals surface area contributed by atoms with Crippen LogP contribution in [0.5, 0.6) is 0 Å². The summed E-state index contributed by atoms with van der Waals surface area (Å²) in [5.74, 6) is 0.0109. The second-order valence-electron chi connectivity index (χ2n) is 5.75. The van der Waals surface area contributed by atoms with Crippen molar-refractivity contribution >= 4 is 23.8 Å². The molecule has 0 aliphatic carbocycles. The number of carbonyl (C=O) groups is 3. The van der Waals surface area contributed by atoms with Crippen molar-refractivity contribution in [2.45, 2.75) is 12.8 Å². The fraction of sp³-hybridized carbons (Fsp3) is 0.353. The largest absolute Gasteiger partial charge is 0.338 e. The molecule has 2 aliphatic rings. The van der Waals surface area contributed by atoms with Crippen molar-refractivity contribution in [3.8, 4) is 0 Å².